The Morgan fingerprint density at radius 1 is 1.00 bits per heavy atom. The number of carbonyl (C=O) groups excluding carboxylic acids is 1. The SMILES string of the molecule is CCc1cc(CC)c(C(=O)C(C)CC)c(CC)c1. The highest BCUT2D eigenvalue weighted by Gasteiger charge is 2.20. The van der Waals surface area contributed by atoms with E-state index in [-0.39, 0.29) is 5.92 Å². The van der Waals surface area contributed by atoms with Gasteiger partial charge in [0.05, 0.1) is 0 Å². The summed E-state index contributed by atoms with van der Waals surface area (Å²) < 4.78 is 0. The lowest BCUT2D eigenvalue weighted by Crippen LogP contribution is -2.15. The number of benzene rings is 1. The molecule has 0 aliphatic carbocycles. The van der Waals surface area contributed by atoms with Crippen LogP contribution in [0.5, 0.6) is 0 Å². The van der Waals surface area contributed by atoms with Gasteiger partial charge < -0.3 is 0 Å². The summed E-state index contributed by atoms with van der Waals surface area (Å²) in [4.78, 5) is 12.5. The van der Waals surface area contributed by atoms with Gasteiger partial charge in [0.2, 0.25) is 0 Å². The molecular formula is C17H26O. The highest BCUT2D eigenvalue weighted by atomic mass is 16.1. The Hall–Kier alpha value is -1.11. The number of carbonyl (C=O) groups is 1. The van der Waals surface area contributed by atoms with Gasteiger partial charge in [0.15, 0.2) is 5.78 Å². The highest BCUT2D eigenvalue weighted by Crippen LogP contribution is 2.24. The highest BCUT2D eigenvalue weighted by molar-refractivity contribution is 6.00. The van der Waals surface area contributed by atoms with Crippen LogP contribution in [0.25, 0.3) is 0 Å². The van der Waals surface area contributed by atoms with Gasteiger partial charge in [-0.25, -0.2) is 0 Å². The average Bonchev–Trinajstić information content (AvgIpc) is 2.43. The van der Waals surface area contributed by atoms with Crippen molar-refractivity contribution < 1.29 is 4.79 Å². The molecule has 1 aromatic rings. The molecule has 18 heavy (non-hydrogen) atoms. The molecule has 1 rings (SSSR count). The van der Waals surface area contributed by atoms with Crippen LogP contribution in [0.15, 0.2) is 12.1 Å². The summed E-state index contributed by atoms with van der Waals surface area (Å²) in [5, 5.41) is 0. The Labute approximate surface area is 112 Å². The molecule has 0 spiro atoms. The molecule has 0 bridgehead atoms. The molecule has 100 valence electrons. The summed E-state index contributed by atoms with van der Waals surface area (Å²) in [6.45, 7) is 10.6. The molecule has 0 N–H and O–H groups in total. The van der Waals surface area contributed by atoms with Gasteiger partial charge in [-0.1, -0.05) is 46.8 Å². The minimum atomic E-state index is 0.132. The summed E-state index contributed by atoms with van der Waals surface area (Å²) in [6.07, 6.45) is 3.84. The maximum absolute atomic E-state index is 12.5. The Morgan fingerprint density at radius 2 is 1.50 bits per heavy atom. The van der Waals surface area contributed by atoms with Gasteiger partial charge in [-0.05, 0) is 42.4 Å². The smallest absolute Gasteiger partial charge is 0.166 e. The van der Waals surface area contributed by atoms with Crippen molar-refractivity contribution in [3.05, 3.63) is 34.4 Å². The fourth-order valence-corrected chi connectivity index (χ4v) is 2.35. The Kier molecular flexibility index (Phi) is 5.58. The van der Waals surface area contributed by atoms with Crippen molar-refractivity contribution in [2.75, 3.05) is 0 Å². The van der Waals surface area contributed by atoms with Crippen molar-refractivity contribution in [3.8, 4) is 0 Å². The van der Waals surface area contributed by atoms with Gasteiger partial charge in [0.25, 0.3) is 0 Å². The largest absolute Gasteiger partial charge is 0.294 e. The van der Waals surface area contributed by atoms with Crippen LogP contribution in [0.3, 0.4) is 0 Å². The minimum Gasteiger partial charge on any atom is -0.294 e. The average molecular weight is 246 g/mol. The second-order valence-corrected chi connectivity index (χ2v) is 5.02. The maximum Gasteiger partial charge on any atom is 0.166 e. The maximum atomic E-state index is 12.5. The van der Waals surface area contributed by atoms with E-state index in [2.05, 4.69) is 39.8 Å². The van der Waals surface area contributed by atoms with Crippen LogP contribution in [0.2, 0.25) is 0 Å². The first-order valence-corrected chi connectivity index (χ1v) is 7.27. The van der Waals surface area contributed by atoms with Gasteiger partial charge in [0.1, 0.15) is 0 Å². The van der Waals surface area contributed by atoms with Crippen LogP contribution in [0.1, 0.15) is 68.1 Å². The summed E-state index contributed by atoms with van der Waals surface area (Å²) >= 11 is 0. The van der Waals surface area contributed by atoms with Crippen LogP contribution in [-0.4, -0.2) is 5.78 Å². The van der Waals surface area contributed by atoms with E-state index in [1.165, 1.54) is 16.7 Å². The van der Waals surface area contributed by atoms with E-state index < -0.39 is 0 Å². The van der Waals surface area contributed by atoms with Crippen molar-refractivity contribution in [2.45, 2.75) is 60.3 Å². The number of Topliss-reactive ketones (excluding diaryl/α,β-unsaturated/α-hetero) is 1. The van der Waals surface area contributed by atoms with E-state index in [0.29, 0.717) is 5.78 Å². The third-order valence-corrected chi connectivity index (χ3v) is 3.84. The predicted octanol–water partition coefficient (Wildman–Crippen LogP) is 4.60. The Morgan fingerprint density at radius 3 is 1.83 bits per heavy atom. The monoisotopic (exact) mass is 246 g/mol. The first-order chi connectivity index (χ1) is 8.58. The number of hydrogen-bond donors (Lipinski definition) is 0. The quantitative estimate of drug-likeness (QED) is 0.670. The summed E-state index contributed by atoms with van der Waals surface area (Å²) in [7, 11) is 0. The normalized spacial score (nSPS) is 12.5. The van der Waals surface area contributed by atoms with Crippen LogP contribution in [-0.2, 0) is 19.3 Å². The molecule has 0 aliphatic heterocycles. The van der Waals surface area contributed by atoms with E-state index in [1.807, 2.05) is 6.92 Å². The zero-order valence-electron chi connectivity index (χ0n) is 12.5. The van der Waals surface area contributed by atoms with Crippen molar-refractivity contribution in [1.29, 1.82) is 0 Å². The molecule has 1 atom stereocenters. The Balaban J connectivity index is 3.35. The third-order valence-electron chi connectivity index (χ3n) is 3.84. The van der Waals surface area contributed by atoms with Gasteiger partial charge in [0, 0.05) is 11.5 Å². The van der Waals surface area contributed by atoms with Gasteiger partial charge in [-0.3, -0.25) is 4.79 Å². The first kappa shape index (κ1) is 14.9. The predicted molar refractivity (Wildman–Crippen MR) is 78.4 cm³/mol. The van der Waals surface area contributed by atoms with Crippen molar-refractivity contribution >= 4 is 5.78 Å². The van der Waals surface area contributed by atoms with Crippen LogP contribution >= 0.6 is 0 Å². The molecule has 0 fully saturated rings. The standard InChI is InChI=1S/C17H26O/c1-6-12(5)17(18)16-14(8-3)10-13(7-2)11-15(16)9-4/h10-12H,6-9H2,1-5H3. The van der Waals surface area contributed by atoms with E-state index in [0.717, 1.165) is 31.2 Å². The van der Waals surface area contributed by atoms with E-state index in [4.69, 9.17) is 0 Å². The molecule has 0 heterocycles. The molecule has 0 aromatic heterocycles. The number of rotatable bonds is 6. The van der Waals surface area contributed by atoms with Gasteiger partial charge in [-0.15, -0.1) is 0 Å². The fourth-order valence-electron chi connectivity index (χ4n) is 2.35. The topological polar surface area (TPSA) is 17.1 Å². The van der Waals surface area contributed by atoms with Crippen LogP contribution in [0.4, 0.5) is 0 Å². The van der Waals surface area contributed by atoms with Crippen LogP contribution < -0.4 is 0 Å². The van der Waals surface area contributed by atoms with E-state index in [9.17, 15) is 4.79 Å². The molecule has 1 unspecified atom stereocenters. The minimum absolute atomic E-state index is 0.132. The molecule has 0 amide bonds. The zero-order chi connectivity index (χ0) is 13.7. The van der Waals surface area contributed by atoms with E-state index in [1.54, 1.807) is 0 Å². The first-order valence-electron chi connectivity index (χ1n) is 7.27. The van der Waals surface area contributed by atoms with Gasteiger partial charge >= 0.3 is 0 Å². The van der Waals surface area contributed by atoms with Crippen molar-refractivity contribution in [1.82, 2.24) is 0 Å². The molecule has 1 aromatic carbocycles. The number of ketones is 1. The fraction of sp³-hybridized carbons (Fsp3) is 0.588. The number of aryl methyl sites for hydroxylation is 3. The van der Waals surface area contributed by atoms with E-state index >= 15 is 0 Å². The lowest BCUT2D eigenvalue weighted by atomic mass is 9.86. The Bertz CT molecular complexity index is 393. The van der Waals surface area contributed by atoms with Crippen molar-refractivity contribution in [2.24, 2.45) is 5.92 Å². The lowest BCUT2D eigenvalue weighted by Gasteiger charge is -2.17. The molecule has 0 aliphatic rings. The summed E-state index contributed by atoms with van der Waals surface area (Å²) in [6, 6.07) is 4.43. The molecule has 1 heteroatoms. The zero-order valence-corrected chi connectivity index (χ0v) is 12.5. The molecular weight excluding hydrogens is 220 g/mol. The lowest BCUT2D eigenvalue weighted by molar-refractivity contribution is 0.0925. The third kappa shape index (κ3) is 3.01. The van der Waals surface area contributed by atoms with Crippen LogP contribution in [0, 0.1) is 5.92 Å². The van der Waals surface area contributed by atoms with Crippen molar-refractivity contribution in [3.63, 3.8) is 0 Å². The molecule has 1 nitrogen and oxygen atoms in total. The molecule has 0 saturated carbocycles. The summed E-state index contributed by atoms with van der Waals surface area (Å²) in [5.74, 6) is 0.460. The molecule has 0 radical (unpaired) electrons. The molecule has 0 saturated heterocycles. The van der Waals surface area contributed by atoms with Gasteiger partial charge in [-0.2, -0.15) is 0 Å². The summed E-state index contributed by atoms with van der Waals surface area (Å²) in [5.41, 5.74) is 4.82. The second-order valence-electron chi connectivity index (χ2n) is 5.02. The number of hydrogen-bond acceptors (Lipinski definition) is 1. The second kappa shape index (κ2) is 6.72.